The molecule has 0 aliphatic rings. The van der Waals surface area contributed by atoms with Crippen LogP contribution in [0.25, 0.3) is 10.2 Å². The van der Waals surface area contributed by atoms with E-state index in [2.05, 4.69) is 9.88 Å². The summed E-state index contributed by atoms with van der Waals surface area (Å²) >= 11 is 9.38. The number of amides is 1. The molecule has 4 nitrogen and oxygen atoms in total. The lowest BCUT2D eigenvalue weighted by molar-refractivity contribution is 0.0983. The number of aromatic nitrogens is 1. The standard InChI is InChI=1S/C20H22ClN3OS2/c1-23(2)12-7-13-24(19(25)14-8-4-5-10-16(14)26-3)20-22-18-15(21)9-6-11-17(18)27-20/h4-6,8-11H,7,12-13H2,1-3H3. The van der Waals surface area contributed by atoms with Crippen molar-refractivity contribution < 1.29 is 4.79 Å². The monoisotopic (exact) mass is 419 g/mol. The van der Waals surface area contributed by atoms with Crippen molar-refractivity contribution in [2.24, 2.45) is 0 Å². The van der Waals surface area contributed by atoms with Gasteiger partial charge in [0.05, 0.1) is 15.3 Å². The minimum Gasteiger partial charge on any atom is -0.309 e. The van der Waals surface area contributed by atoms with Crippen LogP contribution in [0.2, 0.25) is 5.02 Å². The number of hydrogen-bond donors (Lipinski definition) is 0. The molecule has 0 atom stereocenters. The Hall–Kier alpha value is -1.60. The fourth-order valence-corrected chi connectivity index (χ4v) is 4.69. The van der Waals surface area contributed by atoms with Crippen LogP contribution in [0, 0.1) is 0 Å². The van der Waals surface area contributed by atoms with Gasteiger partial charge in [0.1, 0.15) is 5.52 Å². The Bertz CT molecular complexity index is 942. The molecule has 0 fully saturated rings. The molecular formula is C20H22ClN3OS2. The molecule has 0 saturated heterocycles. The minimum atomic E-state index is -0.0196. The molecule has 0 aliphatic carbocycles. The topological polar surface area (TPSA) is 36.4 Å². The minimum absolute atomic E-state index is 0.0196. The Labute approximate surface area is 173 Å². The summed E-state index contributed by atoms with van der Waals surface area (Å²) in [7, 11) is 4.07. The summed E-state index contributed by atoms with van der Waals surface area (Å²) in [6, 6.07) is 13.4. The van der Waals surface area contributed by atoms with Crippen LogP contribution in [0.15, 0.2) is 47.4 Å². The molecule has 142 valence electrons. The number of hydrogen-bond acceptors (Lipinski definition) is 5. The van der Waals surface area contributed by atoms with Gasteiger partial charge in [-0.25, -0.2) is 4.98 Å². The third-order valence-electron chi connectivity index (χ3n) is 4.16. The summed E-state index contributed by atoms with van der Waals surface area (Å²) in [5.41, 5.74) is 1.46. The number of para-hydroxylation sites is 1. The molecule has 0 saturated carbocycles. The molecule has 1 amide bonds. The summed E-state index contributed by atoms with van der Waals surface area (Å²) in [4.78, 5) is 23.0. The molecule has 0 spiro atoms. The van der Waals surface area contributed by atoms with Crippen LogP contribution < -0.4 is 4.90 Å². The number of carbonyl (C=O) groups is 1. The summed E-state index contributed by atoms with van der Waals surface area (Å²) in [5.74, 6) is -0.0196. The summed E-state index contributed by atoms with van der Waals surface area (Å²) in [6.45, 7) is 1.51. The normalized spacial score (nSPS) is 11.3. The van der Waals surface area contributed by atoms with Gasteiger partial charge < -0.3 is 4.90 Å². The Balaban J connectivity index is 1.99. The highest BCUT2D eigenvalue weighted by atomic mass is 35.5. The molecule has 3 aromatic rings. The van der Waals surface area contributed by atoms with Crippen LogP contribution >= 0.6 is 34.7 Å². The Morgan fingerprint density at radius 1 is 1.15 bits per heavy atom. The predicted octanol–water partition coefficient (Wildman–Crippen LogP) is 5.27. The first-order valence-electron chi connectivity index (χ1n) is 8.66. The quantitative estimate of drug-likeness (QED) is 0.489. The van der Waals surface area contributed by atoms with Crippen LogP contribution in [-0.2, 0) is 0 Å². The van der Waals surface area contributed by atoms with Gasteiger partial charge in [-0.15, -0.1) is 11.8 Å². The number of nitrogens with zero attached hydrogens (tertiary/aromatic N) is 3. The first kappa shape index (κ1) is 20.1. The lowest BCUT2D eigenvalue weighted by atomic mass is 10.2. The Morgan fingerprint density at radius 2 is 1.93 bits per heavy atom. The van der Waals surface area contributed by atoms with Crippen molar-refractivity contribution in [3.05, 3.63) is 53.1 Å². The third kappa shape index (κ3) is 4.63. The van der Waals surface area contributed by atoms with Gasteiger partial charge in [0, 0.05) is 11.4 Å². The maximum absolute atomic E-state index is 13.4. The number of carbonyl (C=O) groups excluding carboxylic acids is 1. The van der Waals surface area contributed by atoms with E-state index in [1.807, 2.05) is 62.8 Å². The van der Waals surface area contributed by atoms with Crippen molar-refractivity contribution in [3.8, 4) is 0 Å². The molecule has 27 heavy (non-hydrogen) atoms. The second-order valence-corrected chi connectivity index (χ2v) is 8.66. The number of benzene rings is 2. The van der Waals surface area contributed by atoms with Crippen LogP contribution in [-0.4, -0.2) is 49.2 Å². The van der Waals surface area contributed by atoms with E-state index in [0.717, 1.165) is 28.1 Å². The molecule has 0 N–H and O–H groups in total. The zero-order valence-electron chi connectivity index (χ0n) is 15.6. The molecule has 1 heterocycles. The molecule has 0 aliphatic heterocycles. The van der Waals surface area contributed by atoms with Gasteiger partial charge in [0.2, 0.25) is 0 Å². The average molecular weight is 420 g/mol. The molecule has 0 radical (unpaired) electrons. The lowest BCUT2D eigenvalue weighted by Crippen LogP contribution is -2.33. The first-order chi connectivity index (χ1) is 13.0. The van der Waals surface area contributed by atoms with E-state index in [1.54, 1.807) is 16.7 Å². The van der Waals surface area contributed by atoms with E-state index >= 15 is 0 Å². The van der Waals surface area contributed by atoms with E-state index in [1.165, 1.54) is 11.3 Å². The molecule has 0 bridgehead atoms. The van der Waals surface area contributed by atoms with Crippen LogP contribution in [0.4, 0.5) is 5.13 Å². The molecule has 7 heteroatoms. The maximum atomic E-state index is 13.4. The predicted molar refractivity (Wildman–Crippen MR) is 118 cm³/mol. The van der Waals surface area contributed by atoms with Crippen molar-refractivity contribution in [3.63, 3.8) is 0 Å². The van der Waals surface area contributed by atoms with Crippen molar-refractivity contribution in [1.82, 2.24) is 9.88 Å². The Kier molecular flexibility index (Phi) is 6.76. The largest absolute Gasteiger partial charge is 0.309 e. The van der Waals surface area contributed by atoms with Crippen LogP contribution in [0.5, 0.6) is 0 Å². The number of thiazole rings is 1. The fourth-order valence-electron chi connectivity index (χ4n) is 2.81. The van der Waals surface area contributed by atoms with E-state index in [4.69, 9.17) is 11.6 Å². The molecule has 1 aromatic heterocycles. The highest BCUT2D eigenvalue weighted by molar-refractivity contribution is 7.98. The smallest absolute Gasteiger partial charge is 0.261 e. The zero-order chi connectivity index (χ0) is 19.4. The lowest BCUT2D eigenvalue weighted by Gasteiger charge is -2.22. The van der Waals surface area contributed by atoms with Gasteiger partial charge in [-0.3, -0.25) is 9.69 Å². The molecule has 0 unspecified atom stereocenters. The van der Waals surface area contributed by atoms with Crippen molar-refractivity contribution in [1.29, 1.82) is 0 Å². The summed E-state index contributed by atoms with van der Waals surface area (Å²) < 4.78 is 0.987. The zero-order valence-corrected chi connectivity index (χ0v) is 18.0. The SMILES string of the molecule is CSc1ccccc1C(=O)N(CCCN(C)C)c1nc2c(Cl)cccc2s1. The average Bonchev–Trinajstić information content (AvgIpc) is 3.10. The fraction of sp³-hybridized carbons (Fsp3) is 0.300. The van der Waals surface area contributed by atoms with Gasteiger partial charge >= 0.3 is 0 Å². The maximum Gasteiger partial charge on any atom is 0.261 e. The van der Waals surface area contributed by atoms with Crippen LogP contribution in [0.3, 0.4) is 0 Å². The molecule has 2 aromatic carbocycles. The van der Waals surface area contributed by atoms with Gasteiger partial charge in [0.25, 0.3) is 5.91 Å². The van der Waals surface area contributed by atoms with Gasteiger partial charge in [-0.05, 0) is 57.6 Å². The number of halogens is 1. The number of fused-ring (bicyclic) bond motifs is 1. The van der Waals surface area contributed by atoms with Crippen LogP contribution in [0.1, 0.15) is 16.8 Å². The van der Waals surface area contributed by atoms with Crippen molar-refractivity contribution in [2.45, 2.75) is 11.3 Å². The highest BCUT2D eigenvalue weighted by Crippen LogP contribution is 2.34. The van der Waals surface area contributed by atoms with E-state index < -0.39 is 0 Å². The molecule has 3 rings (SSSR count). The number of rotatable bonds is 7. The van der Waals surface area contributed by atoms with Crippen molar-refractivity contribution >= 4 is 56.0 Å². The number of anilines is 1. The van der Waals surface area contributed by atoms with Gasteiger partial charge in [0.15, 0.2) is 5.13 Å². The second kappa shape index (κ2) is 9.06. The van der Waals surface area contributed by atoms with E-state index in [9.17, 15) is 4.79 Å². The summed E-state index contributed by atoms with van der Waals surface area (Å²) in [5, 5.41) is 1.30. The Morgan fingerprint density at radius 3 is 2.63 bits per heavy atom. The van der Waals surface area contributed by atoms with Gasteiger partial charge in [-0.2, -0.15) is 0 Å². The third-order valence-corrected chi connectivity index (χ3v) is 6.30. The second-order valence-electron chi connectivity index (χ2n) is 6.40. The van der Waals surface area contributed by atoms with E-state index in [-0.39, 0.29) is 5.91 Å². The summed E-state index contributed by atoms with van der Waals surface area (Å²) in [6.07, 6.45) is 2.85. The first-order valence-corrected chi connectivity index (χ1v) is 11.1. The van der Waals surface area contributed by atoms with Crippen molar-refractivity contribution in [2.75, 3.05) is 38.3 Å². The molecular weight excluding hydrogens is 398 g/mol. The van der Waals surface area contributed by atoms with E-state index in [0.29, 0.717) is 22.3 Å². The van der Waals surface area contributed by atoms with Gasteiger partial charge in [-0.1, -0.05) is 41.1 Å². The highest BCUT2D eigenvalue weighted by Gasteiger charge is 2.23. The number of thioether (sulfide) groups is 1.